The minimum atomic E-state index is 0.134. The smallest absolute Gasteiger partial charge is 0.0898 e. The lowest BCUT2D eigenvalue weighted by atomic mass is 9.81. The van der Waals surface area contributed by atoms with Crippen LogP contribution < -0.4 is 5.32 Å². The van der Waals surface area contributed by atoms with Crippen molar-refractivity contribution in [2.75, 3.05) is 0 Å². The van der Waals surface area contributed by atoms with E-state index < -0.39 is 0 Å². The Morgan fingerprint density at radius 1 is 1.29 bits per heavy atom. The summed E-state index contributed by atoms with van der Waals surface area (Å²) in [5, 5.41) is 6.98. The zero-order valence-electron chi connectivity index (χ0n) is 12.2. The van der Waals surface area contributed by atoms with Crippen molar-refractivity contribution in [3.05, 3.63) is 16.1 Å². The van der Waals surface area contributed by atoms with Gasteiger partial charge in [0.1, 0.15) is 0 Å². The van der Waals surface area contributed by atoms with Crippen molar-refractivity contribution in [1.29, 1.82) is 0 Å². The zero-order valence-corrected chi connectivity index (χ0v) is 13.0. The second-order valence-corrected chi connectivity index (χ2v) is 7.84. The molecule has 1 aromatic rings. The van der Waals surface area contributed by atoms with Crippen LogP contribution in [0.5, 0.6) is 0 Å². The molecule has 1 rings (SSSR count). The van der Waals surface area contributed by atoms with Crippen LogP contribution in [0.1, 0.15) is 64.7 Å². The van der Waals surface area contributed by atoms with Crippen molar-refractivity contribution in [2.24, 2.45) is 5.41 Å². The fraction of sp³-hybridized carbons (Fsp3) is 0.786. The van der Waals surface area contributed by atoms with Crippen LogP contribution >= 0.6 is 11.3 Å². The summed E-state index contributed by atoms with van der Waals surface area (Å²) in [7, 11) is 0. The minimum Gasteiger partial charge on any atom is -0.304 e. The Morgan fingerprint density at radius 2 is 1.88 bits per heavy atom. The first kappa shape index (κ1) is 14.7. The van der Waals surface area contributed by atoms with Crippen LogP contribution in [0.15, 0.2) is 5.38 Å². The Bertz CT molecular complexity index is 361. The molecule has 0 fully saturated rings. The summed E-state index contributed by atoms with van der Waals surface area (Å²) in [6, 6.07) is 0.317. The van der Waals surface area contributed by atoms with E-state index in [0.29, 0.717) is 11.5 Å². The molecule has 0 spiro atoms. The van der Waals surface area contributed by atoms with E-state index in [-0.39, 0.29) is 5.54 Å². The highest BCUT2D eigenvalue weighted by atomic mass is 32.1. The van der Waals surface area contributed by atoms with Crippen molar-refractivity contribution in [2.45, 2.75) is 66.5 Å². The lowest BCUT2D eigenvalue weighted by Gasteiger charge is -2.35. The monoisotopic (exact) mass is 254 g/mol. The third kappa shape index (κ3) is 5.17. The third-order valence-electron chi connectivity index (χ3n) is 2.66. The molecule has 1 aromatic heterocycles. The highest BCUT2D eigenvalue weighted by molar-refractivity contribution is 7.09. The Labute approximate surface area is 110 Å². The van der Waals surface area contributed by atoms with E-state index in [4.69, 9.17) is 0 Å². The van der Waals surface area contributed by atoms with Crippen LogP contribution in [-0.4, -0.2) is 10.5 Å². The third-order valence-corrected chi connectivity index (χ3v) is 3.45. The van der Waals surface area contributed by atoms with Gasteiger partial charge in [-0.3, -0.25) is 0 Å². The van der Waals surface area contributed by atoms with E-state index >= 15 is 0 Å². The molecule has 1 unspecified atom stereocenters. The van der Waals surface area contributed by atoms with Crippen molar-refractivity contribution < 1.29 is 0 Å². The molecule has 98 valence electrons. The number of thiazole rings is 1. The van der Waals surface area contributed by atoms with Crippen LogP contribution in [0, 0.1) is 12.3 Å². The summed E-state index contributed by atoms with van der Waals surface area (Å²) in [5.74, 6) is 0. The topological polar surface area (TPSA) is 24.9 Å². The predicted octanol–water partition coefficient (Wildman–Crippen LogP) is 4.32. The first-order valence-electron chi connectivity index (χ1n) is 6.29. The van der Waals surface area contributed by atoms with Crippen molar-refractivity contribution >= 4 is 11.3 Å². The normalized spacial score (nSPS) is 15.0. The molecule has 0 saturated heterocycles. The molecule has 0 saturated carbocycles. The summed E-state index contributed by atoms with van der Waals surface area (Å²) < 4.78 is 0. The highest BCUT2D eigenvalue weighted by Gasteiger charge is 2.27. The number of hydrogen-bond donors (Lipinski definition) is 1. The van der Waals surface area contributed by atoms with Crippen LogP contribution in [0.25, 0.3) is 0 Å². The highest BCUT2D eigenvalue weighted by Crippen LogP contribution is 2.29. The first-order chi connectivity index (χ1) is 7.59. The van der Waals surface area contributed by atoms with Crippen molar-refractivity contribution in [1.82, 2.24) is 10.3 Å². The van der Waals surface area contributed by atoms with Crippen LogP contribution in [0.4, 0.5) is 0 Å². The summed E-state index contributed by atoms with van der Waals surface area (Å²) in [6.07, 6.45) is 1.15. The molecular formula is C14H26N2S. The molecule has 0 aromatic carbocycles. The SMILES string of the molecule is Cc1nc(C(C)NC(C)(C)CC(C)(C)C)cs1. The number of rotatable bonds is 4. The van der Waals surface area contributed by atoms with E-state index in [9.17, 15) is 0 Å². The van der Waals surface area contributed by atoms with Gasteiger partial charge in [-0.2, -0.15) is 0 Å². The standard InChI is InChI=1S/C14H26N2S/c1-10(12-8-17-11(2)15-12)16-14(6,7)9-13(3,4)5/h8,10,16H,9H2,1-7H3. The maximum absolute atomic E-state index is 4.55. The zero-order chi connectivity index (χ0) is 13.3. The number of nitrogens with one attached hydrogen (secondary N) is 1. The number of aromatic nitrogens is 1. The quantitative estimate of drug-likeness (QED) is 0.865. The van der Waals surface area contributed by atoms with Crippen molar-refractivity contribution in [3.8, 4) is 0 Å². The van der Waals surface area contributed by atoms with Gasteiger partial charge in [0.05, 0.1) is 10.7 Å². The van der Waals surface area contributed by atoms with Gasteiger partial charge in [0.15, 0.2) is 0 Å². The molecule has 0 bridgehead atoms. The fourth-order valence-electron chi connectivity index (χ4n) is 2.62. The number of nitrogens with zero attached hydrogens (tertiary/aromatic N) is 1. The Kier molecular flexibility index (Phi) is 4.37. The average Bonchev–Trinajstić information content (AvgIpc) is 2.45. The molecule has 2 nitrogen and oxygen atoms in total. The fourth-order valence-corrected chi connectivity index (χ4v) is 3.32. The molecule has 1 heterocycles. The minimum absolute atomic E-state index is 0.134. The van der Waals surface area contributed by atoms with Gasteiger partial charge in [0, 0.05) is 17.0 Å². The lowest BCUT2D eigenvalue weighted by Crippen LogP contribution is -2.43. The molecule has 1 N–H and O–H groups in total. The summed E-state index contributed by atoms with van der Waals surface area (Å²) in [6.45, 7) is 15.7. The van der Waals surface area contributed by atoms with E-state index in [1.165, 1.54) is 0 Å². The van der Waals surface area contributed by atoms with Gasteiger partial charge in [0.25, 0.3) is 0 Å². The average molecular weight is 254 g/mol. The largest absolute Gasteiger partial charge is 0.304 e. The van der Waals surface area contributed by atoms with Crippen LogP contribution in [-0.2, 0) is 0 Å². The summed E-state index contributed by atoms with van der Waals surface area (Å²) in [5.41, 5.74) is 1.64. The van der Waals surface area contributed by atoms with Crippen molar-refractivity contribution in [3.63, 3.8) is 0 Å². The van der Waals surface area contributed by atoms with Gasteiger partial charge in [-0.1, -0.05) is 20.8 Å². The van der Waals surface area contributed by atoms with Gasteiger partial charge >= 0.3 is 0 Å². The Hall–Kier alpha value is -0.410. The van der Waals surface area contributed by atoms with Crippen LogP contribution in [0.3, 0.4) is 0 Å². The second kappa shape index (κ2) is 5.07. The Morgan fingerprint density at radius 3 is 2.29 bits per heavy atom. The van der Waals surface area contributed by atoms with Gasteiger partial charge in [-0.05, 0) is 39.5 Å². The second-order valence-electron chi connectivity index (χ2n) is 6.78. The molecular weight excluding hydrogens is 228 g/mol. The summed E-state index contributed by atoms with van der Waals surface area (Å²) >= 11 is 1.72. The first-order valence-corrected chi connectivity index (χ1v) is 7.17. The summed E-state index contributed by atoms with van der Waals surface area (Å²) in [4.78, 5) is 4.55. The molecule has 17 heavy (non-hydrogen) atoms. The van der Waals surface area contributed by atoms with Crippen LogP contribution in [0.2, 0.25) is 0 Å². The van der Waals surface area contributed by atoms with E-state index in [1.54, 1.807) is 11.3 Å². The van der Waals surface area contributed by atoms with E-state index in [0.717, 1.165) is 17.1 Å². The van der Waals surface area contributed by atoms with Gasteiger partial charge in [-0.25, -0.2) is 4.98 Å². The van der Waals surface area contributed by atoms with Gasteiger partial charge in [0.2, 0.25) is 0 Å². The molecule has 0 radical (unpaired) electrons. The molecule has 0 aliphatic carbocycles. The Balaban J connectivity index is 2.64. The maximum Gasteiger partial charge on any atom is 0.0898 e. The predicted molar refractivity (Wildman–Crippen MR) is 76.6 cm³/mol. The molecule has 0 aliphatic rings. The van der Waals surface area contributed by atoms with E-state index in [1.807, 2.05) is 0 Å². The molecule has 0 amide bonds. The molecule has 0 aliphatic heterocycles. The number of aryl methyl sites for hydroxylation is 1. The van der Waals surface area contributed by atoms with Gasteiger partial charge in [-0.15, -0.1) is 11.3 Å². The molecule has 3 heteroatoms. The maximum atomic E-state index is 4.55. The van der Waals surface area contributed by atoms with E-state index in [2.05, 4.69) is 64.1 Å². The molecule has 1 atom stereocenters. The number of hydrogen-bond acceptors (Lipinski definition) is 3. The lowest BCUT2D eigenvalue weighted by molar-refractivity contribution is 0.226. The van der Waals surface area contributed by atoms with Gasteiger partial charge < -0.3 is 5.32 Å².